The predicted molar refractivity (Wildman–Crippen MR) is 131 cm³/mol. The molecule has 0 spiro atoms. The van der Waals surface area contributed by atoms with E-state index in [-0.39, 0.29) is 31.0 Å². The Bertz CT molecular complexity index is 947. The predicted octanol–water partition coefficient (Wildman–Crippen LogP) is 5.66. The van der Waals surface area contributed by atoms with Gasteiger partial charge in [-0.2, -0.15) is 0 Å². The van der Waals surface area contributed by atoms with E-state index in [9.17, 15) is 9.59 Å². The molecular formula is C25H30BrClN2O3. The number of benzene rings is 2. The zero-order valence-corrected chi connectivity index (χ0v) is 20.9. The van der Waals surface area contributed by atoms with Crippen LogP contribution in [0.4, 0.5) is 0 Å². The monoisotopic (exact) mass is 520 g/mol. The molecule has 1 atom stereocenters. The van der Waals surface area contributed by atoms with Crippen molar-refractivity contribution in [3.8, 4) is 5.75 Å². The van der Waals surface area contributed by atoms with Gasteiger partial charge in [0.2, 0.25) is 5.91 Å². The summed E-state index contributed by atoms with van der Waals surface area (Å²) in [7, 11) is 0. The second kappa shape index (κ2) is 11.7. The minimum Gasteiger partial charge on any atom is -0.484 e. The SMILES string of the molecule is Cc1cc(OCC(=O)N(Cc2ccccc2Cl)[C@H](C)C(=O)NC2CCCCC2)ccc1Br. The lowest BCUT2D eigenvalue weighted by Gasteiger charge is -2.31. The molecule has 2 aromatic rings. The van der Waals surface area contributed by atoms with E-state index in [1.165, 1.54) is 6.42 Å². The van der Waals surface area contributed by atoms with Gasteiger partial charge in [0.25, 0.3) is 5.91 Å². The normalized spacial score (nSPS) is 15.1. The van der Waals surface area contributed by atoms with Crippen molar-refractivity contribution in [3.05, 3.63) is 63.1 Å². The Morgan fingerprint density at radius 3 is 2.59 bits per heavy atom. The van der Waals surface area contributed by atoms with Crippen molar-refractivity contribution in [2.24, 2.45) is 0 Å². The van der Waals surface area contributed by atoms with Crippen molar-refractivity contribution >= 4 is 39.3 Å². The first-order valence-corrected chi connectivity index (χ1v) is 12.2. The summed E-state index contributed by atoms with van der Waals surface area (Å²) in [5.41, 5.74) is 1.81. The molecule has 0 saturated heterocycles. The molecule has 0 unspecified atom stereocenters. The van der Waals surface area contributed by atoms with E-state index in [1.807, 2.05) is 43.3 Å². The fraction of sp³-hybridized carbons (Fsp3) is 0.440. The summed E-state index contributed by atoms with van der Waals surface area (Å²) in [6.07, 6.45) is 5.45. The van der Waals surface area contributed by atoms with Crippen LogP contribution in [0.2, 0.25) is 5.02 Å². The van der Waals surface area contributed by atoms with Crippen molar-refractivity contribution in [2.45, 2.75) is 64.6 Å². The standard InChI is InChI=1S/C25H30BrClN2O3/c1-17-14-21(12-13-22(17)26)32-16-24(30)29(15-19-8-6-7-11-23(19)27)18(2)25(31)28-20-9-4-3-5-10-20/h6-8,11-14,18,20H,3-5,9-10,15-16H2,1-2H3,(H,28,31)/t18-/m1/s1. The Morgan fingerprint density at radius 1 is 1.19 bits per heavy atom. The van der Waals surface area contributed by atoms with Crippen molar-refractivity contribution in [3.63, 3.8) is 0 Å². The minimum atomic E-state index is -0.643. The lowest BCUT2D eigenvalue weighted by molar-refractivity contribution is -0.142. The van der Waals surface area contributed by atoms with Gasteiger partial charge in [0.05, 0.1) is 0 Å². The number of ether oxygens (including phenoxy) is 1. The first-order valence-electron chi connectivity index (χ1n) is 11.1. The Labute approximate surface area is 203 Å². The largest absolute Gasteiger partial charge is 0.484 e. The first-order chi connectivity index (χ1) is 15.3. The number of halogens is 2. The van der Waals surface area contributed by atoms with Crippen LogP contribution < -0.4 is 10.1 Å². The molecule has 1 fully saturated rings. The van der Waals surface area contributed by atoms with Gasteiger partial charge in [0.1, 0.15) is 11.8 Å². The number of carbonyl (C=O) groups is 2. The van der Waals surface area contributed by atoms with Gasteiger partial charge in [-0.1, -0.05) is 65.0 Å². The number of nitrogens with zero attached hydrogens (tertiary/aromatic N) is 1. The first kappa shape index (κ1) is 24.6. The second-order valence-corrected chi connectivity index (χ2v) is 9.59. The maximum absolute atomic E-state index is 13.2. The molecule has 1 N–H and O–H groups in total. The number of amides is 2. The summed E-state index contributed by atoms with van der Waals surface area (Å²) in [5, 5.41) is 3.69. The highest BCUT2D eigenvalue weighted by atomic mass is 79.9. The van der Waals surface area contributed by atoms with E-state index < -0.39 is 6.04 Å². The Hall–Kier alpha value is -2.05. The van der Waals surface area contributed by atoms with Gasteiger partial charge >= 0.3 is 0 Å². The van der Waals surface area contributed by atoms with Crippen LogP contribution in [-0.2, 0) is 16.1 Å². The molecule has 1 saturated carbocycles. The summed E-state index contributed by atoms with van der Waals surface area (Å²) < 4.78 is 6.73. The van der Waals surface area contributed by atoms with Gasteiger partial charge in [-0.3, -0.25) is 9.59 Å². The molecule has 2 aromatic carbocycles. The second-order valence-electron chi connectivity index (χ2n) is 8.33. The number of hydrogen-bond acceptors (Lipinski definition) is 3. The Kier molecular flexibility index (Phi) is 9.00. The fourth-order valence-corrected chi connectivity index (χ4v) is 4.34. The van der Waals surface area contributed by atoms with E-state index in [4.69, 9.17) is 16.3 Å². The highest BCUT2D eigenvalue weighted by Crippen LogP contribution is 2.23. The summed E-state index contributed by atoms with van der Waals surface area (Å²) in [6, 6.07) is 12.5. The van der Waals surface area contributed by atoms with Crippen LogP contribution >= 0.6 is 27.5 Å². The zero-order valence-electron chi connectivity index (χ0n) is 18.6. The summed E-state index contributed by atoms with van der Waals surface area (Å²) >= 11 is 9.81. The van der Waals surface area contributed by atoms with Crippen LogP contribution in [0.3, 0.4) is 0 Å². The molecule has 0 aliphatic heterocycles. The van der Waals surface area contributed by atoms with Gasteiger partial charge < -0.3 is 15.0 Å². The van der Waals surface area contributed by atoms with Crippen molar-refractivity contribution in [2.75, 3.05) is 6.61 Å². The average Bonchev–Trinajstić information content (AvgIpc) is 2.79. The average molecular weight is 522 g/mol. The Balaban J connectivity index is 1.72. The quantitative estimate of drug-likeness (QED) is 0.488. The van der Waals surface area contributed by atoms with E-state index >= 15 is 0 Å². The third-order valence-electron chi connectivity index (χ3n) is 5.91. The van der Waals surface area contributed by atoms with E-state index in [2.05, 4.69) is 21.2 Å². The molecule has 2 amide bonds. The van der Waals surface area contributed by atoms with Crippen LogP contribution in [0.5, 0.6) is 5.75 Å². The lowest BCUT2D eigenvalue weighted by atomic mass is 9.95. The number of aryl methyl sites for hydroxylation is 1. The third-order valence-corrected chi connectivity index (χ3v) is 7.17. The molecule has 1 aliphatic carbocycles. The number of hydrogen-bond donors (Lipinski definition) is 1. The maximum Gasteiger partial charge on any atom is 0.261 e. The smallest absolute Gasteiger partial charge is 0.261 e. The summed E-state index contributed by atoms with van der Waals surface area (Å²) in [5.74, 6) is 0.199. The highest BCUT2D eigenvalue weighted by molar-refractivity contribution is 9.10. The molecule has 3 rings (SSSR count). The van der Waals surface area contributed by atoms with Gasteiger partial charge in [0.15, 0.2) is 6.61 Å². The van der Waals surface area contributed by atoms with E-state index in [1.54, 1.807) is 17.9 Å². The van der Waals surface area contributed by atoms with Crippen LogP contribution in [0.15, 0.2) is 46.9 Å². The summed E-state index contributed by atoms with van der Waals surface area (Å²) in [6.45, 7) is 3.80. The molecule has 0 aromatic heterocycles. The highest BCUT2D eigenvalue weighted by Gasteiger charge is 2.28. The van der Waals surface area contributed by atoms with Crippen molar-refractivity contribution in [1.29, 1.82) is 0 Å². The molecule has 172 valence electrons. The van der Waals surface area contributed by atoms with Crippen molar-refractivity contribution < 1.29 is 14.3 Å². The van der Waals surface area contributed by atoms with Crippen LogP contribution in [0, 0.1) is 6.92 Å². The molecule has 7 heteroatoms. The van der Waals surface area contributed by atoms with Crippen LogP contribution in [0.1, 0.15) is 50.2 Å². The topological polar surface area (TPSA) is 58.6 Å². The zero-order chi connectivity index (χ0) is 23.1. The van der Waals surface area contributed by atoms with Gasteiger partial charge in [-0.25, -0.2) is 0 Å². The van der Waals surface area contributed by atoms with Crippen LogP contribution in [0.25, 0.3) is 0 Å². The maximum atomic E-state index is 13.2. The van der Waals surface area contributed by atoms with E-state index in [0.29, 0.717) is 10.8 Å². The number of rotatable bonds is 8. The summed E-state index contributed by atoms with van der Waals surface area (Å²) in [4.78, 5) is 27.7. The molecule has 5 nitrogen and oxygen atoms in total. The van der Waals surface area contributed by atoms with Gasteiger partial charge in [-0.15, -0.1) is 0 Å². The van der Waals surface area contributed by atoms with E-state index in [0.717, 1.165) is 41.3 Å². The van der Waals surface area contributed by atoms with Crippen LogP contribution in [-0.4, -0.2) is 35.4 Å². The fourth-order valence-electron chi connectivity index (χ4n) is 3.90. The van der Waals surface area contributed by atoms with Crippen molar-refractivity contribution in [1.82, 2.24) is 10.2 Å². The molecule has 0 heterocycles. The van der Waals surface area contributed by atoms with Gasteiger partial charge in [-0.05, 0) is 62.1 Å². The van der Waals surface area contributed by atoms with Gasteiger partial charge in [0, 0.05) is 22.1 Å². The Morgan fingerprint density at radius 2 is 1.91 bits per heavy atom. The molecule has 0 bridgehead atoms. The molecule has 1 aliphatic rings. The molecular weight excluding hydrogens is 492 g/mol. The number of nitrogens with one attached hydrogen (secondary N) is 1. The molecule has 0 radical (unpaired) electrons. The third kappa shape index (κ3) is 6.72. The lowest BCUT2D eigenvalue weighted by Crippen LogP contribution is -2.51. The minimum absolute atomic E-state index is 0.142. The number of carbonyl (C=O) groups excluding carboxylic acids is 2. The molecule has 32 heavy (non-hydrogen) atoms.